The highest BCUT2D eigenvalue weighted by Crippen LogP contribution is 2.30. The first-order valence-electron chi connectivity index (χ1n) is 21.4. The molecule has 0 bridgehead atoms. The predicted molar refractivity (Wildman–Crippen MR) is 232 cm³/mol. The molecule has 17 nitrogen and oxygen atoms in total. The number of anilines is 1. The van der Waals surface area contributed by atoms with Gasteiger partial charge < -0.3 is 77.1 Å². The highest BCUT2D eigenvalue weighted by Gasteiger charge is 2.15. The van der Waals surface area contributed by atoms with Gasteiger partial charge in [-0.3, -0.25) is 9.59 Å². The minimum absolute atomic E-state index is 0.401. The van der Waals surface area contributed by atoms with Gasteiger partial charge in [0.05, 0.1) is 52.9 Å². The molecular formula is C41H83N7O10. The summed E-state index contributed by atoms with van der Waals surface area (Å²) in [7, 11) is 0. The zero-order valence-electron chi connectivity index (χ0n) is 36.4. The molecule has 2 atom stereocenters. The number of hydrogen-bond donors (Lipinski definition) is 9. The molecule has 0 aliphatic carbocycles. The fraction of sp³-hybridized carbons (Fsp3) is 0.805. The van der Waals surface area contributed by atoms with Crippen molar-refractivity contribution in [3.05, 3.63) is 18.2 Å². The molecule has 1 aromatic carbocycles. The molecule has 1 aromatic rings. The summed E-state index contributed by atoms with van der Waals surface area (Å²) in [6, 6.07) is 5.02. The van der Waals surface area contributed by atoms with Gasteiger partial charge in [-0.15, -0.1) is 0 Å². The second-order valence-corrected chi connectivity index (χ2v) is 13.0. The van der Waals surface area contributed by atoms with Gasteiger partial charge in [-0.05, 0) is 103 Å². The summed E-state index contributed by atoms with van der Waals surface area (Å²) in [6.07, 6.45) is 8.59. The SMILES string of the molecule is CCNCCCCCN.CCN[C@@H](CCCCN)C(=O)O.CCN[C@H](CCCCN)C(=O)O.CCNc1ccc2c(c1)OCCOCCOCCOCCOCCO2. The third kappa shape index (κ3) is 37.4. The molecule has 58 heavy (non-hydrogen) atoms. The second kappa shape index (κ2) is 45.2. The first kappa shape index (κ1) is 57.3. The van der Waals surface area contributed by atoms with Crippen LogP contribution in [-0.2, 0) is 28.5 Å². The Kier molecular flexibility index (Phi) is 44.7. The normalized spacial score (nSPS) is 14.9. The van der Waals surface area contributed by atoms with Gasteiger partial charge in [-0.25, -0.2) is 0 Å². The molecule has 0 saturated heterocycles. The molecular weight excluding hydrogens is 750 g/mol. The predicted octanol–water partition coefficient (Wildman–Crippen LogP) is 3.04. The monoisotopic (exact) mass is 834 g/mol. The van der Waals surface area contributed by atoms with Crippen LogP contribution in [0.2, 0.25) is 0 Å². The van der Waals surface area contributed by atoms with Crippen molar-refractivity contribution in [1.29, 1.82) is 0 Å². The molecule has 2 rings (SSSR count). The van der Waals surface area contributed by atoms with Crippen LogP contribution in [0.5, 0.6) is 11.5 Å². The number of nitrogens with one attached hydrogen (secondary N) is 4. The van der Waals surface area contributed by atoms with Crippen LogP contribution in [0.4, 0.5) is 5.69 Å². The van der Waals surface area contributed by atoms with E-state index in [0.717, 1.165) is 57.5 Å². The molecule has 1 aliphatic heterocycles. The van der Waals surface area contributed by atoms with Crippen molar-refractivity contribution in [2.24, 2.45) is 17.2 Å². The van der Waals surface area contributed by atoms with Crippen molar-refractivity contribution < 1.29 is 48.2 Å². The van der Waals surface area contributed by atoms with Gasteiger partial charge in [-0.1, -0.05) is 40.0 Å². The first-order valence-corrected chi connectivity index (χ1v) is 21.4. The van der Waals surface area contributed by atoms with E-state index in [9.17, 15) is 9.59 Å². The Labute approximate surface area is 349 Å². The largest absolute Gasteiger partial charge is 0.487 e. The number of benzene rings is 1. The average Bonchev–Trinajstić information content (AvgIpc) is 3.21. The number of carboxylic acids is 2. The molecule has 0 saturated carbocycles. The van der Waals surface area contributed by atoms with Crippen molar-refractivity contribution in [2.75, 3.05) is 124 Å². The summed E-state index contributed by atoms with van der Waals surface area (Å²) in [5.74, 6) is -0.142. The van der Waals surface area contributed by atoms with Crippen LogP contribution in [0, 0.1) is 0 Å². The van der Waals surface area contributed by atoms with E-state index in [1.165, 1.54) is 19.3 Å². The summed E-state index contributed by atoms with van der Waals surface area (Å²) in [4.78, 5) is 21.2. The Balaban J connectivity index is 0. The Bertz CT molecular complexity index is 1010. The number of nitrogens with two attached hydrogens (primary N) is 3. The Morgan fingerprint density at radius 3 is 1.40 bits per heavy atom. The fourth-order valence-corrected chi connectivity index (χ4v) is 5.09. The molecule has 342 valence electrons. The van der Waals surface area contributed by atoms with E-state index < -0.39 is 24.0 Å². The van der Waals surface area contributed by atoms with E-state index in [1.54, 1.807) is 0 Å². The molecule has 0 spiro atoms. The van der Waals surface area contributed by atoms with Gasteiger partial charge in [0.15, 0.2) is 11.5 Å². The Morgan fingerprint density at radius 1 is 0.569 bits per heavy atom. The number of carboxylic acid groups (broad SMARTS) is 2. The standard InChI is InChI=1S/C18H29NO6.2C8H18N2O2.C7H18N2/c1-2-19-16-3-4-17-18(15-16)25-14-12-23-10-8-21-6-5-20-7-9-22-11-13-24-17;2*1-2-10-7(8(11)12)5-3-4-6-9;1-2-9-7-5-3-4-6-8/h3-4,15,19H,2,5-14H2,1H3;2*7,10H,2-6,9H2,1H3,(H,11,12);9H,2-8H2,1H3/t;2*7-;/m.10./s1. The first-order chi connectivity index (χ1) is 28.2. The summed E-state index contributed by atoms with van der Waals surface area (Å²) in [6.45, 7) is 19.7. The van der Waals surface area contributed by atoms with Gasteiger partial charge in [-0.2, -0.15) is 0 Å². The minimum Gasteiger partial charge on any atom is -0.487 e. The summed E-state index contributed by atoms with van der Waals surface area (Å²) < 4.78 is 33.4. The van der Waals surface area contributed by atoms with Crippen molar-refractivity contribution in [1.82, 2.24) is 16.0 Å². The number of ether oxygens (including phenoxy) is 6. The lowest BCUT2D eigenvalue weighted by molar-refractivity contribution is -0.140. The van der Waals surface area contributed by atoms with Gasteiger partial charge in [0.2, 0.25) is 0 Å². The Morgan fingerprint density at radius 2 is 1.00 bits per heavy atom. The highest BCUT2D eigenvalue weighted by atomic mass is 16.6. The number of aliphatic carboxylic acids is 2. The Hall–Kier alpha value is -2.84. The third-order valence-electron chi connectivity index (χ3n) is 8.11. The number of fused-ring (bicyclic) bond motifs is 1. The number of unbranched alkanes of at least 4 members (excludes halogenated alkanes) is 4. The summed E-state index contributed by atoms with van der Waals surface area (Å²) in [5.41, 5.74) is 16.9. The molecule has 0 aromatic heterocycles. The van der Waals surface area contributed by atoms with Gasteiger partial charge >= 0.3 is 11.9 Å². The van der Waals surface area contributed by atoms with Crippen molar-refractivity contribution in [2.45, 2.75) is 97.6 Å². The number of likely N-dealkylation sites (N-methyl/N-ethyl adjacent to an activating group) is 2. The van der Waals surface area contributed by atoms with E-state index in [1.807, 2.05) is 32.0 Å². The maximum absolute atomic E-state index is 10.6. The average molecular weight is 834 g/mol. The van der Waals surface area contributed by atoms with Gasteiger partial charge in [0, 0.05) is 18.3 Å². The van der Waals surface area contributed by atoms with E-state index in [4.69, 9.17) is 55.8 Å². The molecule has 0 radical (unpaired) electrons. The van der Waals surface area contributed by atoms with Crippen LogP contribution in [-0.4, -0.2) is 153 Å². The maximum atomic E-state index is 10.6. The quantitative estimate of drug-likeness (QED) is 0.0761. The zero-order chi connectivity index (χ0) is 43.3. The lowest BCUT2D eigenvalue weighted by Crippen LogP contribution is -2.36. The van der Waals surface area contributed by atoms with Crippen LogP contribution in [0.25, 0.3) is 0 Å². The number of hydrogen-bond acceptors (Lipinski definition) is 15. The van der Waals surface area contributed by atoms with E-state index in [0.29, 0.717) is 117 Å². The van der Waals surface area contributed by atoms with Crippen LogP contribution < -0.4 is 47.9 Å². The van der Waals surface area contributed by atoms with Crippen molar-refractivity contribution in [3.8, 4) is 11.5 Å². The number of carbonyl (C=O) groups is 2. The molecule has 0 unspecified atom stereocenters. The van der Waals surface area contributed by atoms with Crippen LogP contribution in [0.1, 0.15) is 85.5 Å². The highest BCUT2D eigenvalue weighted by molar-refractivity contribution is 5.73. The molecule has 17 heteroatoms. The maximum Gasteiger partial charge on any atom is 0.320 e. The second-order valence-electron chi connectivity index (χ2n) is 13.0. The smallest absolute Gasteiger partial charge is 0.320 e. The van der Waals surface area contributed by atoms with Crippen molar-refractivity contribution >= 4 is 17.6 Å². The molecule has 1 aliphatic rings. The molecule has 1 heterocycles. The van der Waals surface area contributed by atoms with Crippen LogP contribution in [0.15, 0.2) is 18.2 Å². The fourth-order valence-electron chi connectivity index (χ4n) is 5.09. The van der Waals surface area contributed by atoms with E-state index in [-0.39, 0.29) is 0 Å². The van der Waals surface area contributed by atoms with Crippen molar-refractivity contribution in [3.63, 3.8) is 0 Å². The van der Waals surface area contributed by atoms with Gasteiger partial charge in [0.25, 0.3) is 0 Å². The molecule has 0 amide bonds. The zero-order valence-corrected chi connectivity index (χ0v) is 36.4. The van der Waals surface area contributed by atoms with Crippen LogP contribution >= 0.6 is 0 Å². The summed E-state index contributed by atoms with van der Waals surface area (Å²) >= 11 is 0. The molecule has 12 N–H and O–H groups in total. The lowest BCUT2D eigenvalue weighted by atomic mass is 10.1. The van der Waals surface area contributed by atoms with Crippen LogP contribution in [0.3, 0.4) is 0 Å². The third-order valence-corrected chi connectivity index (χ3v) is 8.11. The molecule has 0 fully saturated rings. The lowest BCUT2D eigenvalue weighted by Gasteiger charge is -2.15. The topological polar surface area (TPSA) is 256 Å². The number of rotatable bonds is 22. The minimum atomic E-state index is -0.770. The van der Waals surface area contributed by atoms with E-state index >= 15 is 0 Å². The van der Waals surface area contributed by atoms with E-state index in [2.05, 4.69) is 35.1 Å². The van der Waals surface area contributed by atoms with Gasteiger partial charge in [0.1, 0.15) is 25.3 Å². The summed E-state index contributed by atoms with van der Waals surface area (Å²) in [5, 5.41) is 29.8.